The molecule has 0 radical (unpaired) electrons. The van der Waals surface area contributed by atoms with Gasteiger partial charge >= 0.3 is 0 Å². The van der Waals surface area contributed by atoms with Crippen LogP contribution < -0.4 is 0 Å². The monoisotopic (exact) mass is 168 g/mol. The molecule has 3 rings (SSSR count). The summed E-state index contributed by atoms with van der Waals surface area (Å²) in [6.07, 6.45) is 5.46. The van der Waals surface area contributed by atoms with Crippen LogP contribution in [-0.2, 0) is 0 Å². The van der Waals surface area contributed by atoms with Crippen molar-refractivity contribution in [2.45, 2.75) is 50.6 Å². The van der Waals surface area contributed by atoms with Crippen LogP contribution in [0.4, 0.5) is 0 Å². The van der Waals surface area contributed by atoms with Gasteiger partial charge in [-0.1, -0.05) is 0 Å². The van der Waals surface area contributed by atoms with Gasteiger partial charge in [-0.05, 0) is 39.5 Å². The van der Waals surface area contributed by atoms with Gasteiger partial charge in [0.1, 0.15) is 0 Å². The summed E-state index contributed by atoms with van der Waals surface area (Å²) in [7, 11) is 4.47. The highest BCUT2D eigenvalue weighted by Gasteiger charge is 2.50. The third-order valence-electron chi connectivity index (χ3n) is 4.42. The van der Waals surface area contributed by atoms with E-state index in [0.29, 0.717) is 11.1 Å². The normalized spacial score (nSPS) is 50.0. The van der Waals surface area contributed by atoms with Crippen molar-refractivity contribution < 1.29 is 0 Å². The maximum absolute atomic E-state index is 2.44. The summed E-state index contributed by atoms with van der Waals surface area (Å²) in [6, 6.07) is 0. The fourth-order valence-electron chi connectivity index (χ4n) is 2.70. The molecular formula is C10H20N2. The lowest BCUT2D eigenvalue weighted by molar-refractivity contribution is -0.209. The van der Waals surface area contributed by atoms with Crippen molar-refractivity contribution in [1.29, 1.82) is 0 Å². The van der Waals surface area contributed by atoms with Crippen LogP contribution in [0.2, 0.25) is 0 Å². The van der Waals surface area contributed by atoms with Crippen LogP contribution in [0, 0.1) is 0 Å². The summed E-state index contributed by atoms with van der Waals surface area (Å²) in [5.41, 5.74) is 0.902. The van der Waals surface area contributed by atoms with E-state index < -0.39 is 0 Å². The van der Waals surface area contributed by atoms with Gasteiger partial charge in [-0.15, -0.1) is 0 Å². The third kappa shape index (κ3) is 0.882. The van der Waals surface area contributed by atoms with E-state index in [1.165, 1.54) is 25.7 Å². The number of rotatable bonds is 0. The molecule has 0 aromatic carbocycles. The SMILES string of the molecule is CN1N(C)C2(C)CCC1(C)CC2. The highest BCUT2D eigenvalue weighted by molar-refractivity contribution is 5.03. The maximum Gasteiger partial charge on any atom is 0.0326 e. The van der Waals surface area contributed by atoms with Gasteiger partial charge in [0, 0.05) is 25.2 Å². The van der Waals surface area contributed by atoms with E-state index in [1.54, 1.807) is 0 Å². The van der Waals surface area contributed by atoms with Crippen LogP contribution in [-0.4, -0.2) is 35.2 Å². The van der Waals surface area contributed by atoms with Gasteiger partial charge in [0.2, 0.25) is 0 Å². The molecule has 2 saturated heterocycles. The van der Waals surface area contributed by atoms with Gasteiger partial charge < -0.3 is 0 Å². The van der Waals surface area contributed by atoms with Crippen molar-refractivity contribution in [2.75, 3.05) is 14.1 Å². The van der Waals surface area contributed by atoms with Gasteiger partial charge in [-0.3, -0.25) is 0 Å². The first-order valence-electron chi connectivity index (χ1n) is 4.96. The molecule has 2 nitrogen and oxygen atoms in total. The third-order valence-corrected chi connectivity index (χ3v) is 4.42. The van der Waals surface area contributed by atoms with Crippen molar-refractivity contribution in [1.82, 2.24) is 10.0 Å². The van der Waals surface area contributed by atoms with Gasteiger partial charge in [0.15, 0.2) is 0 Å². The molecule has 0 aromatic heterocycles. The Bertz CT molecular complexity index is 170. The zero-order valence-electron chi connectivity index (χ0n) is 8.72. The summed E-state index contributed by atoms with van der Waals surface area (Å²) in [5, 5.41) is 4.89. The van der Waals surface area contributed by atoms with E-state index >= 15 is 0 Å². The lowest BCUT2D eigenvalue weighted by Crippen LogP contribution is -2.69. The number of hydrogen-bond acceptors (Lipinski definition) is 2. The molecular weight excluding hydrogens is 148 g/mol. The molecule has 0 unspecified atom stereocenters. The minimum atomic E-state index is 0.451. The van der Waals surface area contributed by atoms with E-state index in [0.717, 1.165) is 0 Å². The van der Waals surface area contributed by atoms with Crippen molar-refractivity contribution >= 4 is 0 Å². The minimum absolute atomic E-state index is 0.451. The summed E-state index contributed by atoms with van der Waals surface area (Å²) < 4.78 is 0. The lowest BCUT2D eigenvalue weighted by atomic mass is 9.70. The number of hydrazine groups is 1. The zero-order valence-corrected chi connectivity index (χ0v) is 8.72. The first-order chi connectivity index (χ1) is 5.48. The lowest BCUT2D eigenvalue weighted by Gasteiger charge is -2.62. The van der Waals surface area contributed by atoms with E-state index in [4.69, 9.17) is 0 Å². The van der Waals surface area contributed by atoms with Crippen molar-refractivity contribution in [3.8, 4) is 0 Å². The molecule has 3 aliphatic rings. The number of hydrogen-bond donors (Lipinski definition) is 0. The van der Waals surface area contributed by atoms with Crippen molar-refractivity contribution in [3.05, 3.63) is 0 Å². The Morgan fingerprint density at radius 3 is 1.25 bits per heavy atom. The predicted octanol–water partition coefficient (Wildman–Crippen LogP) is 1.87. The molecule has 70 valence electrons. The fraction of sp³-hybridized carbons (Fsp3) is 1.00. The van der Waals surface area contributed by atoms with E-state index in [-0.39, 0.29) is 0 Å². The first-order valence-corrected chi connectivity index (χ1v) is 4.96. The topological polar surface area (TPSA) is 6.48 Å². The molecule has 0 aromatic rings. The number of nitrogens with zero attached hydrogens (tertiary/aromatic N) is 2. The molecule has 1 aliphatic carbocycles. The van der Waals surface area contributed by atoms with Gasteiger partial charge in [-0.2, -0.15) is 0 Å². The average molecular weight is 168 g/mol. The highest BCUT2D eigenvalue weighted by Crippen LogP contribution is 2.47. The molecule has 2 aliphatic heterocycles. The molecule has 2 heterocycles. The summed E-state index contributed by atoms with van der Waals surface area (Å²) in [4.78, 5) is 0. The quantitative estimate of drug-likeness (QED) is 0.545. The first kappa shape index (κ1) is 8.52. The highest BCUT2D eigenvalue weighted by atomic mass is 15.7. The van der Waals surface area contributed by atoms with E-state index in [2.05, 4.69) is 38.0 Å². The summed E-state index contributed by atoms with van der Waals surface area (Å²) in [6.45, 7) is 4.78. The van der Waals surface area contributed by atoms with Crippen LogP contribution in [0.15, 0.2) is 0 Å². The zero-order chi connectivity index (χ0) is 8.98. The van der Waals surface area contributed by atoms with Gasteiger partial charge in [-0.25, -0.2) is 10.0 Å². The molecule has 1 saturated carbocycles. The Morgan fingerprint density at radius 2 is 1.00 bits per heavy atom. The maximum atomic E-state index is 2.44. The second-order valence-electron chi connectivity index (χ2n) is 5.04. The van der Waals surface area contributed by atoms with Crippen molar-refractivity contribution in [2.24, 2.45) is 0 Å². The molecule has 0 N–H and O–H groups in total. The smallest absolute Gasteiger partial charge is 0.0326 e. The second-order valence-corrected chi connectivity index (χ2v) is 5.04. The van der Waals surface area contributed by atoms with Crippen LogP contribution in [0.1, 0.15) is 39.5 Å². The molecule has 0 amide bonds. The Hall–Kier alpha value is -0.0800. The van der Waals surface area contributed by atoms with Crippen LogP contribution in [0.25, 0.3) is 0 Å². The molecule has 0 atom stereocenters. The number of fused-ring (bicyclic) bond motifs is 3. The summed E-state index contributed by atoms with van der Waals surface area (Å²) in [5.74, 6) is 0. The van der Waals surface area contributed by atoms with Crippen LogP contribution >= 0.6 is 0 Å². The van der Waals surface area contributed by atoms with Crippen molar-refractivity contribution in [3.63, 3.8) is 0 Å². The summed E-state index contributed by atoms with van der Waals surface area (Å²) >= 11 is 0. The second kappa shape index (κ2) is 2.24. The minimum Gasteiger partial charge on any atom is -0.239 e. The molecule has 3 fully saturated rings. The van der Waals surface area contributed by atoms with Crippen LogP contribution in [0.5, 0.6) is 0 Å². The standard InChI is InChI=1S/C10H20N2/c1-9-5-7-10(2,8-6-9)12(4)11(9)3/h5-8H2,1-4H3. The van der Waals surface area contributed by atoms with E-state index in [1.807, 2.05) is 0 Å². The average Bonchev–Trinajstić information content (AvgIpc) is 2.06. The Balaban J connectivity index is 2.30. The van der Waals surface area contributed by atoms with Gasteiger partial charge in [0.25, 0.3) is 0 Å². The van der Waals surface area contributed by atoms with Crippen LogP contribution in [0.3, 0.4) is 0 Å². The Labute approximate surface area is 75.5 Å². The van der Waals surface area contributed by atoms with Gasteiger partial charge in [0.05, 0.1) is 0 Å². The Kier molecular flexibility index (Phi) is 1.59. The fourth-order valence-corrected chi connectivity index (χ4v) is 2.70. The predicted molar refractivity (Wildman–Crippen MR) is 50.8 cm³/mol. The van der Waals surface area contributed by atoms with E-state index in [9.17, 15) is 0 Å². The Morgan fingerprint density at radius 1 is 0.750 bits per heavy atom. The molecule has 2 heteroatoms. The molecule has 2 bridgehead atoms. The molecule has 0 spiro atoms. The largest absolute Gasteiger partial charge is 0.239 e. The molecule has 12 heavy (non-hydrogen) atoms.